The van der Waals surface area contributed by atoms with Gasteiger partial charge in [-0.05, 0) is 37.5 Å². The molecule has 1 fully saturated rings. The van der Waals surface area contributed by atoms with Gasteiger partial charge in [-0.2, -0.15) is 9.94 Å². The lowest BCUT2D eigenvalue weighted by Crippen LogP contribution is -2.32. The van der Waals surface area contributed by atoms with E-state index < -0.39 is 5.69 Å². The second kappa shape index (κ2) is 7.54. The average molecular weight is 394 g/mol. The Labute approximate surface area is 166 Å². The monoisotopic (exact) mass is 394 g/mol. The van der Waals surface area contributed by atoms with Gasteiger partial charge in [-0.1, -0.05) is 19.8 Å². The summed E-state index contributed by atoms with van der Waals surface area (Å²) >= 11 is 0. The zero-order chi connectivity index (χ0) is 20.5. The van der Waals surface area contributed by atoms with Crippen molar-refractivity contribution in [1.82, 2.24) is 24.1 Å². The third-order valence-electron chi connectivity index (χ3n) is 5.40. The molecule has 1 aliphatic carbocycles. The summed E-state index contributed by atoms with van der Waals surface area (Å²) in [5.74, 6) is -0.0416. The molecule has 29 heavy (non-hydrogen) atoms. The van der Waals surface area contributed by atoms with Gasteiger partial charge in [0.05, 0.1) is 17.0 Å². The van der Waals surface area contributed by atoms with Gasteiger partial charge in [-0.15, -0.1) is 5.10 Å². The second-order valence-electron chi connectivity index (χ2n) is 7.38. The Balaban J connectivity index is 1.93. The van der Waals surface area contributed by atoms with Crippen molar-refractivity contribution < 1.29 is 4.79 Å². The van der Waals surface area contributed by atoms with Crippen molar-refractivity contribution in [2.24, 2.45) is 0 Å². The van der Waals surface area contributed by atoms with Crippen LogP contribution in [0.2, 0.25) is 0 Å². The summed E-state index contributed by atoms with van der Waals surface area (Å²) in [5, 5.41) is 16.5. The number of aromatic nitrogens is 4. The highest BCUT2D eigenvalue weighted by molar-refractivity contribution is 5.98. The predicted molar refractivity (Wildman–Crippen MR) is 107 cm³/mol. The standard InChI is InChI=1S/C20H22N6O3/c1-2-10-24-18(28)15-8-7-13(17(27)22-14-5-3-4-6-14)12-16(15)26-19(24)23-25(11-9-21)20(26)29/h7-8,12,14H,2-6,10-11H2,1H3,(H,22,27). The van der Waals surface area contributed by atoms with Gasteiger partial charge in [0.2, 0.25) is 5.78 Å². The molecule has 3 aromatic rings. The molecule has 150 valence electrons. The number of rotatable bonds is 5. The Hall–Kier alpha value is -3.41. The molecule has 4 rings (SSSR count). The molecule has 1 aromatic carbocycles. The van der Waals surface area contributed by atoms with Crippen LogP contribution in [-0.2, 0) is 13.1 Å². The first-order valence-electron chi connectivity index (χ1n) is 9.89. The van der Waals surface area contributed by atoms with E-state index in [-0.39, 0.29) is 29.8 Å². The minimum absolute atomic E-state index is 0.164. The molecular weight excluding hydrogens is 372 g/mol. The molecule has 1 amide bonds. The van der Waals surface area contributed by atoms with Crippen LogP contribution in [-0.4, -0.2) is 30.7 Å². The van der Waals surface area contributed by atoms with E-state index in [1.807, 2.05) is 13.0 Å². The first-order valence-corrected chi connectivity index (χ1v) is 9.89. The van der Waals surface area contributed by atoms with Crippen LogP contribution >= 0.6 is 0 Å². The minimum atomic E-state index is -0.509. The number of nitrogens with zero attached hydrogens (tertiary/aromatic N) is 5. The quantitative estimate of drug-likeness (QED) is 0.703. The lowest BCUT2D eigenvalue weighted by Gasteiger charge is -2.13. The number of carbonyl (C=O) groups excluding carboxylic acids is 1. The van der Waals surface area contributed by atoms with Crippen LogP contribution < -0.4 is 16.6 Å². The molecule has 1 saturated carbocycles. The van der Waals surface area contributed by atoms with Gasteiger partial charge in [0.25, 0.3) is 11.5 Å². The van der Waals surface area contributed by atoms with Gasteiger partial charge in [0, 0.05) is 18.2 Å². The SMILES string of the molecule is CCCn1c(=O)c2ccc(C(=O)NC3CCCC3)cc2n2c(=O)n(CC#N)nc12. The molecule has 0 saturated heterocycles. The number of amides is 1. The Morgan fingerprint density at radius 2 is 2.07 bits per heavy atom. The van der Waals surface area contributed by atoms with E-state index in [2.05, 4.69) is 10.4 Å². The van der Waals surface area contributed by atoms with Gasteiger partial charge in [-0.25, -0.2) is 9.20 Å². The molecule has 2 aromatic heterocycles. The Morgan fingerprint density at radius 1 is 1.31 bits per heavy atom. The Kier molecular flexibility index (Phi) is 4.92. The fourth-order valence-corrected chi connectivity index (χ4v) is 3.99. The zero-order valence-electron chi connectivity index (χ0n) is 16.2. The summed E-state index contributed by atoms with van der Waals surface area (Å²) < 4.78 is 3.79. The van der Waals surface area contributed by atoms with E-state index in [9.17, 15) is 14.4 Å². The lowest BCUT2D eigenvalue weighted by molar-refractivity contribution is 0.0938. The molecule has 9 nitrogen and oxygen atoms in total. The maximum Gasteiger partial charge on any atom is 0.353 e. The third kappa shape index (κ3) is 3.20. The van der Waals surface area contributed by atoms with E-state index in [0.29, 0.717) is 29.4 Å². The van der Waals surface area contributed by atoms with Crippen LogP contribution in [0.15, 0.2) is 27.8 Å². The number of hydrogen-bond acceptors (Lipinski definition) is 5. The average Bonchev–Trinajstić information content (AvgIpc) is 3.33. The summed E-state index contributed by atoms with van der Waals surface area (Å²) in [6.45, 7) is 2.10. The number of nitrogens with one attached hydrogen (secondary N) is 1. The number of nitriles is 1. The van der Waals surface area contributed by atoms with Crippen molar-refractivity contribution in [3.05, 3.63) is 44.6 Å². The van der Waals surface area contributed by atoms with Crippen LogP contribution in [0.5, 0.6) is 0 Å². The molecular formula is C20H22N6O3. The molecule has 2 heterocycles. The number of benzene rings is 1. The smallest absolute Gasteiger partial charge is 0.349 e. The topological polar surface area (TPSA) is 114 Å². The summed E-state index contributed by atoms with van der Waals surface area (Å²) in [5.41, 5.74) is -0.0696. The van der Waals surface area contributed by atoms with E-state index >= 15 is 0 Å². The summed E-state index contributed by atoms with van der Waals surface area (Å²) in [6, 6.07) is 6.83. The highest BCUT2D eigenvalue weighted by atomic mass is 16.2. The highest BCUT2D eigenvalue weighted by Crippen LogP contribution is 2.19. The van der Waals surface area contributed by atoms with Crippen LogP contribution in [0.1, 0.15) is 49.4 Å². The van der Waals surface area contributed by atoms with E-state index in [0.717, 1.165) is 30.4 Å². The van der Waals surface area contributed by atoms with Crippen molar-refractivity contribution in [3.8, 4) is 6.07 Å². The minimum Gasteiger partial charge on any atom is -0.349 e. The number of aryl methyl sites for hydroxylation is 1. The molecule has 0 unspecified atom stereocenters. The molecule has 0 radical (unpaired) electrons. The maximum absolute atomic E-state index is 13.0. The predicted octanol–water partition coefficient (Wildman–Crippen LogP) is 1.42. The highest BCUT2D eigenvalue weighted by Gasteiger charge is 2.21. The van der Waals surface area contributed by atoms with E-state index in [4.69, 9.17) is 5.26 Å². The number of fused-ring (bicyclic) bond motifs is 3. The molecule has 9 heteroatoms. The second-order valence-corrected chi connectivity index (χ2v) is 7.38. The van der Waals surface area contributed by atoms with E-state index in [1.54, 1.807) is 18.2 Å². The molecule has 0 atom stereocenters. The maximum atomic E-state index is 13.0. The van der Waals surface area contributed by atoms with Crippen molar-refractivity contribution in [2.45, 2.75) is 58.2 Å². The number of carbonyl (C=O) groups is 1. The molecule has 0 spiro atoms. The molecule has 1 aliphatic rings. The first kappa shape index (κ1) is 18.9. The first-order chi connectivity index (χ1) is 14.0. The van der Waals surface area contributed by atoms with Crippen LogP contribution in [0.4, 0.5) is 0 Å². The normalized spacial score (nSPS) is 14.5. The Morgan fingerprint density at radius 3 is 2.76 bits per heavy atom. The summed E-state index contributed by atoms with van der Waals surface area (Å²) in [6.07, 6.45) is 4.82. The fraction of sp³-hybridized carbons (Fsp3) is 0.450. The molecule has 1 N–H and O–H groups in total. The van der Waals surface area contributed by atoms with Gasteiger partial charge in [0.15, 0.2) is 0 Å². The molecule has 0 bridgehead atoms. The van der Waals surface area contributed by atoms with Gasteiger partial charge in [-0.3, -0.25) is 14.2 Å². The van der Waals surface area contributed by atoms with Crippen molar-refractivity contribution in [2.75, 3.05) is 0 Å². The van der Waals surface area contributed by atoms with Crippen molar-refractivity contribution in [1.29, 1.82) is 5.26 Å². The fourth-order valence-electron chi connectivity index (χ4n) is 3.99. The van der Waals surface area contributed by atoms with Gasteiger partial charge in [0.1, 0.15) is 6.54 Å². The van der Waals surface area contributed by atoms with Gasteiger partial charge >= 0.3 is 5.69 Å². The molecule has 0 aliphatic heterocycles. The van der Waals surface area contributed by atoms with E-state index in [1.165, 1.54) is 8.97 Å². The Bertz CT molecular complexity index is 1250. The lowest BCUT2D eigenvalue weighted by atomic mass is 10.1. The summed E-state index contributed by atoms with van der Waals surface area (Å²) in [4.78, 5) is 38.5. The van der Waals surface area contributed by atoms with Crippen LogP contribution in [0.3, 0.4) is 0 Å². The third-order valence-corrected chi connectivity index (χ3v) is 5.40. The number of hydrogen-bond donors (Lipinski definition) is 1. The van der Waals surface area contributed by atoms with Crippen LogP contribution in [0, 0.1) is 11.3 Å². The van der Waals surface area contributed by atoms with Gasteiger partial charge < -0.3 is 5.32 Å². The van der Waals surface area contributed by atoms with Crippen molar-refractivity contribution >= 4 is 22.6 Å². The van der Waals surface area contributed by atoms with Crippen molar-refractivity contribution in [3.63, 3.8) is 0 Å². The van der Waals surface area contributed by atoms with Crippen LogP contribution in [0.25, 0.3) is 16.7 Å². The zero-order valence-corrected chi connectivity index (χ0v) is 16.2. The summed E-state index contributed by atoms with van der Waals surface area (Å²) in [7, 11) is 0. The largest absolute Gasteiger partial charge is 0.353 e.